The number of amides is 2. The van der Waals surface area contributed by atoms with E-state index in [0.717, 1.165) is 11.3 Å². The van der Waals surface area contributed by atoms with Crippen LogP contribution in [0.2, 0.25) is 10.0 Å². The molecule has 2 aromatic rings. The molecule has 1 saturated carbocycles. The van der Waals surface area contributed by atoms with Gasteiger partial charge in [0.25, 0.3) is 11.8 Å². The summed E-state index contributed by atoms with van der Waals surface area (Å²) in [4.78, 5) is 45.2. The maximum absolute atomic E-state index is 13.1. The van der Waals surface area contributed by atoms with Gasteiger partial charge >= 0.3 is 29.6 Å². The number of aromatic amines is 1. The molecule has 0 unspecified atom stereocenters. The van der Waals surface area contributed by atoms with Crippen LogP contribution in [0.3, 0.4) is 0 Å². The van der Waals surface area contributed by atoms with E-state index < -0.39 is 36.1 Å². The molecule has 1 saturated heterocycles. The topological polar surface area (TPSA) is 139 Å². The predicted octanol–water partition coefficient (Wildman–Crippen LogP) is -1.68. The summed E-state index contributed by atoms with van der Waals surface area (Å²) in [6, 6.07) is -0.997. The molecule has 0 radical (unpaired) electrons. The maximum Gasteiger partial charge on any atom is 1.00 e. The number of hydrogen-bond donors (Lipinski definition) is 3. The van der Waals surface area contributed by atoms with E-state index in [2.05, 4.69) is 20.6 Å². The number of anilines is 1. The number of carboxylic acid groups (broad SMARTS) is 1. The molecule has 10 nitrogen and oxygen atoms in total. The number of hydrogen-bond acceptors (Lipinski definition) is 8. The van der Waals surface area contributed by atoms with Crippen molar-refractivity contribution in [2.75, 3.05) is 25.1 Å². The Morgan fingerprint density at radius 1 is 1.23 bits per heavy atom. The molecule has 2 fully saturated rings. The number of nitrogens with one attached hydrogen (secondary N) is 3. The Kier molecular flexibility index (Phi) is 9.11. The zero-order chi connectivity index (χ0) is 24.7. The number of carbonyl (C=O) groups excluding carboxylic acids is 3. The van der Waals surface area contributed by atoms with Crippen LogP contribution in [0.1, 0.15) is 49.2 Å². The van der Waals surface area contributed by atoms with E-state index >= 15 is 0 Å². The number of ether oxygens (including phenoxy) is 1. The number of aromatic nitrogens is 2. The standard InChI is InChI=1S/C20H22Cl2FN5O5S.Na/c1-7-12(21)13(22)14(24-7)17(29)25-9-3-4-28(6-11(9)33-2)20-27-15(16(34-20)19(31)32)18(30)26-10-5-8(10)23;/h8-11,24H,3-6H2,1-2H3,(H,25,29)(H,26,30)(H,31,32);/q;+1/p-1/t8-,9+,10+,11-;/m0./s1. The van der Waals surface area contributed by atoms with Gasteiger partial charge in [0.1, 0.15) is 11.9 Å². The fraction of sp³-hybridized carbons (Fsp3) is 0.500. The molecule has 15 heteroatoms. The molecular formula is C20H21Cl2FN5NaO5S. The molecule has 0 bridgehead atoms. The first-order valence-corrected chi connectivity index (χ1v) is 12.0. The first-order valence-electron chi connectivity index (χ1n) is 10.4. The summed E-state index contributed by atoms with van der Waals surface area (Å²) in [7, 11) is 1.49. The Balaban J connectivity index is 0.00000342. The predicted molar refractivity (Wildman–Crippen MR) is 122 cm³/mol. The number of aromatic carboxylic acids is 1. The Morgan fingerprint density at radius 3 is 2.43 bits per heavy atom. The number of aryl methyl sites for hydroxylation is 1. The van der Waals surface area contributed by atoms with Gasteiger partial charge in [0.15, 0.2) is 10.8 Å². The van der Waals surface area contributed by atoms with Gasteiger partial charge in [0, 0.05) is 32.3 Å². The van der Waals surface area contributed by atoms with Crippen LogP contribution in [-0.2, 0) is 4.74 Å². The Hall–Kier alpha value is -1.41. The van der Waals surface area contributed by atoms with Gasteiger partial charge in [0.05, 0.1) is 39.1 Å². The van der Waals surface area contributed by atoms with Gasteiger partial charge in [-0.25, -0.2) is 9.37 Å². The van der Waals surface area contributed by atoms with Gasteiger partial charge in [-0.2, -0.15) is 0 Å². The van der Waals surface area contributed by atoms with Gasteiger partial charge in [-0.05, 0) is 13.3 Å². The molecular weight excluding hydrogens is 535 g/mol. The van der Waals surface area contributed by atoms with Crippen molar-refractivity contribution >= 4 is 57.5 Å². The van der Waals surface area contributed by atoms with Crippen molar-refractivity contribution in [2.45, 2.75) is 44.1 Å². The second kappa shape index (κ2) is 11.3. The number of alkyl halides is 1. The van der Waals surface area contributed by atoms with Crippen LogP contribution in [0, 0.1) is 6.92 Å². The van der Waals surface area contributed by atoms with Crippen molar-refractivity contribution in [1.29, 1.82) is 0 Å². The monoisotopic (exact) mass is 555 g/mol. The number of H-pyrrole nitrogens is 1. The Bertz CT molecular complexity index is 1150. The molecule has 2 aromatic heterocycles. The third-order valence-electron chi connectivity index (χ3n) is 5.78. The van der Waals surface area contributed by atoms with E-state index in [1.54, 1.807) is 11.8 Å². The Labute approximate surface area is 236 Å². The van der Waals surface area contributed by atoms with Crippen molar-refractivity contribution < 1.29 is 58.2 Å². The second-order valence-corrected chi connectivity index (χ2v) is 9.87. The smallest absolute Gasteiger partial charge is 0.544 e. The number of rotatable bonds is 7. The van der Waals surface area contributed by atoms with E-state index in [4.69, 9.17) is 27.9 Å². The van der Waals surface area contributed by atoms with E-state index in [0.29, 0.717) is 23.8 Å². The molecule has 4 atom stereocenters. The van der Waals surface area contributed by atoms with E-state index in [1.807, 2.05) is 0 Å². The molecule has 0 aromatic carbocycles. The van der Waals surface area contributed by atoms with Gasteiger partial charge in [-0.15, -0.1) is 0 Å². The maximum atomic E-state index is 13.1. The van der Waals surface area contributed by atoms with Crippen LogP contribution < -0.4 is 50.2 Å². The van der Waals surface area contributed by atoms with Gasteiger partial charge in [-0.1, -0.05) is 34.5 Å². The number of carbonyl (C=O) groups is 3. The summed E-state index contributed by atoms with van der Waals surface area (Å²) < 4.78 is 18.7. The summed E-state index contributed by atoms with van der Waals surface area (Å²) >= 11 is 13.0. The van der Waals surface area contributed by atoms with Crippen LogP contribution in [0.4, 0.5) is 9.52 Å². The second-order valence-electron chi connectivity index (χ2n) is 8.14. The van der Waals surface area contributed by atoms with Crippen molar-refractivity contribution in [3.05, 3.63) is 32.0 Å². The molecule has 2 aliphatic rings. The van der Waals surface area contributed by atoms with E-state index in [1.165, 1.54) is 7.11 Å². The van der Waals surface area contributed by atoms with Gasteiger partial charge in [0.2, 0.25) is 0 Å². The SMILES string of the molecule is CO[C@H]1CN(c2nc(C(=O)N[C@@H]3C[C@@H]3F)c(C(=O)[O-])s2)CC[C@H]1NC(=O)c1[nH]c(C)c(Cl)c1Cl.[Na+]. The number of thiazole rings is 1. The van der Waals surface area contributed by atoms with E-state index in [9.17, 15) is 23.9 Å². The molecule has 1 aliphatic heterocycles. The number of carboxylic acids is 1. The summed E-state index contributed by atoms with van der Waals surface area (Å²) in [5, 5.41) is 17.6. The fourth-order valence-electron chi connectivity index (χ4n) is 3.75. The minimum absolute atomic E-state index is 0. The summed E-state index contributed by atoms with van der Waals surface area (Å²) in [6.45, 7) is 2.38. The quantitative estimate of drug-likeness (QED) is 0.346. The molecule has 3 heterocycles. The number of nitrogens with zero attached hydrogens (tertiary/aromatic N) is 2. The van der Waals surface area contributed by atoms with Crippen LogP contribution in [0.25, 0.3) is 0 Å². The molecule has 3 N–H and O–H groups in total. The largest absolute Gasteiger partial charge is 1.00 e. The van der Waals surface area contributed by atoms with Crippen LogP contribution in [-0.4, -0.2) is 72.3 Å². The minimum atomic E-state index is -1.54. The number of halogens is 3. The molecule has 2 amide bonds. The van der Waals surface area contributed by atoms with Crippen LogP contribution >= 0.6 is 34.5 Å². The van der Waals surface area contributed by atoms with Gasteiger partial charge in [-0.3, -0.25) is 9.59 Å². The minimum Gasteiger partial charge on any atom is -0.544 e. The third kappa shape index (κ3) is 5.95. The molecule has 0 spiro atoms. The van der Waals surface area contributed by atoms with Crippen molar-refractivity contribution in [2.24, 2.45) is 0 Å². The zero-order valence-corrected chi connectivity index (χ0v) is 23.4. The number of piperidine rings is 1. The van der Waals surface area contributed by atoms with Crippen molar-refractivity contribution in [1.82, 2.24) is 20.6 Å². The number of methoxy groups -OCH3 is 1. The molecule has 1 aliphatic carbocycles. The molecule has 184 valence electrons. The van der Waals surface area contributed by atoms with Gasteiger partial charge < -0.3 is 35.2 Å². The zero-order valence-electron chi connectivity index (χ0n) is 19.1. The fourth-order valence-corrected chi connectivity index (χ4v) is 5.10. The summed E-state index contributed by atoms with van der Waals surface area (Å²) in [5.41, 5.74) is 0.421. The summed E-state index contributed by atoms with van der Waals surface area (Å²) in [5.74, 6) is -2.73. The first kappa shape index (κ1) is 28.2. The molecule has 35 heavy (non-hydrogen) atoms. The van der Waals surface area contributed by atoms with Crippen molar-refractivity contribution in [3.63, 3.8) is 0 Å². The summed E-state index contributed by atoms with van der Waals surface area (Å²) in [6.07, 6.45) is -0.958. The molecule has 4 rings (SSSR count). The average molecular weight is 556 g/mol. The van der Waals surface area contributed by atoms with Crippen LogP contribution in [0.5, 0.6) is 0 Å². The van der Waals surface area contributed by atoms with Crippen LogP contribution in [0.15, 0.2) is 0 Å². The third-order valence-corrected chi connectivity index (χ3v) is 7.82. The van der Waals surface area contributed by atoms with E-state index in [-0.39, 0.29) is 74.9 Å². The first-order chi connectivity index (χ1) is 16.1. The van der Waals surface area contributed by atoms with Crippen molar-refractivity contribution in [3.8, 4) is 0 Å². The average Bonchev–Trinajstić information content (AvgIpc) is 3.20. The normalized spacial score (nSPS) is 23.4. The Morgan fingerprint density at radius 2 is 1.89 bits per heavy atom.